The monoisotopic (exact) mass is 658 g/mol. The van der Waals surface area contributed by atoms with Crippen LogP contribution in [0.4, 0.5) is 5.69 Å². The van der Waals surface area contributed by atoms with Crippen LogP contribution in [0.3, 0.4) is 0 Å². The molecule has 3 aromatic rings. The zero-order valence-electron chi connectivity index (χ0n) is 22.1. The summed E-state index contributed by atoms with van der Waals surface area (Å²) in [6, 6.07) is 21.1. The van der Waals surface area contributed by atoms with Crippen LogP contribution in [0.1, 0.15) is 36.2 Å². The van der Waals surface area contributed by atoms with Crippen LogP contribution in [-0.4, -0.2) is 60.9 Å². The van der Waals surface area contributed by atoms with Gasteiger partial charge < -0.3 is 19.5 Å². The van der Waals surface area contributed by atoms with Crippen LogP contribution in [0.25, 0.3) is 5.57 Å². The molecule has 0 atom stereocenters. The van der Waals surface area contributed by atoms with E-state index in [4.69, 9.17) is 21.1 Å². The average Bonchev–Trinajstić information content (AvgIpc) is 2.90. The van der Waals surface area contributed by atoms with Gasteiger partial charge in [-0.25, -0.2) is 4.79 Å². The summed E-state index contributed by atoms with van der Waals surface area (Å²) in [5, 5.41) is 10.5. The van der Waals surface area contributed by atoms with E-state index < -0.39 is 5.97 Å². The molecule has 204 valence electrons. The molecule has 0 amide bonds. The highest BCUT2D eigenvalue weighted by molar-refractivity contribution is 14.1. The molecule has 6 nitrogen and oxygen atoms in total. The molecule has 2 aliphatic rings. The van der Waals surface area contributed by atoms with Gasteiger partial charge in [0, 0.05) is 59.5 Å². The number of carboxylic acid groups (broad SMARTS) is 1. The van der Waals surface area contributed by atoms with Gasteiger partial charge in [0.15, 0.2) is 0 Å². The fraction of sp³-hybridized carbons (Fsp3) is 0.323. The molecule has 0 radical (unpaired) electrons. The van der Waals surface area contributed by atoms with Gasteiger partial charge in [-0.3, -0.25) is 4.90 Å². The lowest BCUT2D eigenvalue weighted by molar-refractivity contribution is -0.0101. The van der Waals surface area contributed by atoms with Crippen LogP contribution in [0.2, 0.25) is 5.02 Å². The summed E-state index contributed by atoms with van der Waals surface area (Å²) in [6.07, 6.45) is 0.864. The Morgan fingerprint density at radius 1 is 1.05 bits per heavy atom. The van der Waals surface area contributed by atoms with Crippen LogP contribution in [0.15, 0.2) is 72.3 Å². The van der Waals surface area contributed by atoms with E-state index in [9.17, 15) is 9.90 Å². The second kappa shape index (κ2) is 11.9. The Labute approximate surface area is 248 Å². The molecule has 39 heavy (non-hydrogen) atoms. The summed E-state index contributed by atoms with van der Waals surface area (Å²) in [4.78, 5) is 16.6. The number of piperazine rings is 1. The van der Waals surface area contributed by atoms with Crippen LogP contribution in [0.5, 0.6) is 11.5 Å². The van der Waals surface area contributed by atoms with Gasteiger partial charge >= 0.3 is 5.97 Å². The van der Waals surface area contributed by atoms with E-state index in [1.54, 1.807) is 6.07 Å². The zero-order chi connectivity index (χ0) is 27.6. The van der Waals surface area contributed by atoms with E-state index in [0.717, 1.165) is 53.4 Å². The molecule has 2 heterocycles. The zero-order valence-corrected chi connectivity index (χ0v) is 25.0. The summed E-state index contributed by atoms with van der Waals surface area (Å²) in [7, 11) is 0. The van der Waals surface area contributed by atoms with Crippen molar-refractivity contribution in [3.05, 3.63) is 92.0 Å². The Balaban J connectivity index is 1.30. The second-order valence-electron chi connectivity index (χ2n) is 10.6. The Hall–Kier alpha value is -2.59. The highest BCUT2D eigenvalue weighted by Gasteiger charge is 2.30. The third-order valence-electron chi connectivity index (χ3n) is 7.23. The van der Waals surface area contributed by atoms with E-state index in [1.165, 1.54) is 16.7 Å². The van der Waals surface area contributed by atoms with Crippen molar-refractivity contribution in [2.24, 2.45) is 0 Å². The van der Waals surface area contributed by atoms with Crippen LogP contribution < -0.4 is 9.64 Å². The van der Waals surface area contributed by atoms with Crippen molar-refractivity contribution in [2.75, 3.05) is 44.2 Å². The fourth-order valence-electron chi connectivity index (χ4n) is 5.13. The molecule has 8 heteroatoms. The normalized spacial score (nSPS) is 17.8. The summed E-state index contributed by atoms with van der Waals surface area (Å²) < 4.78 is 13.3. The molecular weight excluding hydrogens is 627 g/mol. The Morgan fingerprint density at radius 2 is 1.79 bits per heavy atom. The van der Waals surface area contributed by atoms with Crippen LogP contribution in [0, 0.1) is 3.57 Å². The predicted octanol–water partition coefficient (Wildman–Crippen LogP) is 7.21. The van der Waals surface area contributed by atoms with E-state index >= 15 is 0 Å². The number of aromatic carboxylic acids is 1. The molecule has 1 fully saturated rings. The number of ether oxygens (including phenoxy) is 2. The molecule has 0 saturated carbocycles. The van der Waals surface area contributed by atoms with Crippen molar-refractivity contribution in [1.29, 1.82) is 0 Å². The van der Waals surface area contributed by atoms with Gasteiger partial charge in [-0.1, -0.05) is 29.8 Å². The van der Waals surface area contributed by atoms with Crippen LogP contribution in [-0.2, 0) is 4.74 Å². The third-order valence-corrected chi connectivity index (χ3v) is 8.15. The van der Waals surface area contributed by atoms with Crippen molar-refractivity contribution < 1.29 is 19.4 Å². The smallest absolute Gasteiger partial charge is 0.339 e. The molecule has 0 spiro atoms. The molecule has 2 aliphatic heterocycles. The number of nitrogens with zero attached hydrogens (tertiary/aromatic N) is 2. The lowest BCUT2D eigenvalue weighted by Crippen LogP contribution is -2.47. The highest BCUT2D eigenvalue weighted by Crippen LogP contribution is 2.36. The van der Waals surface area contributed by atoms with E-state index in [-0.39, 0.29) is 11.2 Å². The summed E-state index contributed by atoms with van der Waals surface area (Å²) in [5.74, 6) is -0.0344. The topological polar surface area (TPSA) is 62.2 Å². The summed E-state index contributed by atoms with van der Waals surface area (Å²) >= 11 is 8.37. The first-order chi connectivity index (χ1) is 18.7. The van der Waals surface area contributed by atoms with Gasteiger partial charge in [0.05, 0.1) is 12.2 Å². The maximum absolute atomic E-state index is 11.9. The molecule has 3 aromatic carbocycles. The van der Waals surface area contributed by atoms with Crippen molar-refractivity contribution >= 4 is 51.4 Å². The Bertz CT molecular complexity index is 1380. The molecule has 5 rings (SSSR count). The first kappa shape index (κ1) is 28.0. The minimum atomic E-state index is -1.00. The number of carboxylic acids is 1. The molecule has 0 unspecified atom stereocenters. The van der Waals surface area contributed by atoms with Crippen LogP contribution >= 0.6 is 34.2 Å². The van der Waals surface area contributed by atoms with Gasteiger partial charge in [-0.2, -0.15) is 0 Å². The average molecular weight is 659 g/mol. The number of halogens is 2. The van der Waals surface area contributed by atoms with Gasteiger partial charge in [-0.05, 0) is 95.6 Å². The van der Waals surface area contributed by atoms with Gasteiger partial charge in [0.1, 0.15) is 17.1 Å². The van der Waals surface area contributed by atoms with Crippen molar-refractivity contribution in [2.45, 2.75) is 25.9 Å². The standard InChI is InChI=1S/C31H32ClIN2O4/c1-31(2)18-28(21-6-8-23(32)9-7-21)22(20-38-31)19-34-12-14-35(15-13-34)25-10-11-27(30(36)37)29(17-25)39-26-5-3-4-24(33)16-26/h3-11,16-17H,12-15,18-20H2,1-2H3,(H,36,37). The number of hydrogen-bond donors (Lipinski definition) is 1. The fourth-order valence-corrected chi connectivity index (χ4v) is 5.77. The minimum Gasteiger partial charge on any atom is -0.478 e. The number of hydrogen-bond acceptors (Lipinski definition) is 5. The number of benzene rings is 3. The molecule has 0 aromatic heterocycles. The van der Waals surface area contributed by atoms with E-state index in [2.05, 4.69) is 58.4 Å². The lowest BCUT2D eigenvalue weighted by atomic mass is 9.87. The predicted molar refractivity (Wildman–Crippen MR) is 164 cm³/mol. The summed E-state index contributed by atoms with van der Waals surface area (Å²) in [5.41, 5.74) is 4.80. The highest BCUT2D eigenvalue weighted by atomic mass is 127. The second-order valence-corrected chi connectivity index (χ2v) is 12.3. The maximum Gasteiger partial charge on any atom is 0.339 e. The first-order valence-electron chi connectivity index (χ1n) is 13.1. The first-order valence-corrected chi connectivity index (χ1v) is 14.5. The van der Waals surface area contributed by atoms with Gasteiger partial charge in [-0.15, -0.1) is 0 Å². The molecule has 0 bridgehead atoms. The quantitative estimate of drug-likeness (QED) is 0.271. The molecule has 0 aliphatic carbocycles. The lowest BCUT2D eigenvalue weighted by Gasteiger charge is -2.39. The number of carbonyl (C=O) groups is 1. The third kappa shape index (κ3) is 6.95. The molecule has 1 saturated heterocycles. The largest absolute Gasteiger partial charge is 0.478 e. The number of rotatable bonds is 7. The molecular formula is C31H32ClIN2O4. The molecule has 1 N–H and O–H groups in total. The SMILES string of the molecule is CC1(C)CC(c2ccc(Cl)cc2)=C(CN2CCN(c3ccc(C(=O)O)c(Oc4cccc(I)c4)c3)CC2)CO1. The Morgan fingerprint density at radius 3 is 2.49 bits per heavy atom. The minimum absolute atomic E-state index is 0.151. The number of anilines is 1. The maximum atomic E-state index is 11.9. The van der Waals surface area contributed by atoms with Gasteiger partial charge in [0.25, 0.3) is 0 Å². The Kier molecular flexibility index (Phi) is 8.52. The van der Waals surface area contributed by atoms with Crippen molar-refractivity contribution in [1.82, 2.24) is 4.90 Å². The van der Waals surface area contributed by atoms with Gasteiger partial charge in [0.2, 0.25) is 0 Å². The van der Waals surface area contributed by atoms with E-state index in [1.807, 2.05) is 48.5 Å². The summed E-state index contributed by atoms with van der Waals surface area (Å²) in [6.45, 7) is 9.25. The van der Waals surface area contributed by atoms with E-state index in [0.29, 0.717) is 18.1 Å². The van der Waals surface area contributed by atoms with Crippen molar-refractivity contribution in [3.8, 4) is 11.5 Å². The van der Waals surface area contributed by atoms with Crippen molar-refractivity contribution in [3.63, 3.8) is 0 Å².